The number of alkyl carbamates (subject to hydrolysis) is 1. The summed E-state index contributed by atoms with van der Waals surface area (Å²) in [5.41, 5.74) is -1.14. The Labute approximate surface area is 168 Å². The van der Waals surface area contributed by atoms with Crippen molar-refractivity contribution in [1.29, 1.82) is 0 Å². The van der Waals surface area contributed by atoms with Crippen molar-refractivity contribution in [3.05, 3.63) is 50.8 Å². The Balaban J connectivity index is 2.18. The molecule has 0 fully saturated rings. The third-order valence-electron chi connectivity index (χ3n) is 3.45. The highest BCUT2D eigenvalue weighted by molar-refractivity contribution is 9.10. The van der Waals surface area contributed by atoms with Crippen molar-refractivity contribution in [3.63, 3.8) is 0 Å². The van der Waals surface area contributed by atoms with Crippen molar-refractivity contribution in [2.45, 2.75) is 39.8 Å². The molecule has 0 aliphatic rings. The lowest BCUT2D eigenvalue weighted by atomic mass is 10.2. The van der Waals surface area contributed by atoms with Crippen LogP contribution in [0.2, 0.25) is 0 Å². The summed E-state index contributed by atoms with van der Waals surface area (Å²) in [5, 5.41) is 6.12. The van der Waals surface area contributed by atoms with Gasteiger partial charge in [-0.1, -0.05) is 6.07 Å². The van der Waals surface area contributed by atoms with Gasteiger partial charge >= 0.3 is 11.8 Å². The molecule has 2 aromatic rings. The Kier molecular flexibility index (Phi) is 6.70. The average Bonchev–Trinajstić information content (AvgIpc) is 2.92. The lowest BCUT2D eigenvalue weighted by Gasteiger charge is -2.19. The lowest BCUT2D eigenvalue weighted by molar-refractivity contribution is 0.0531. The summed E-state index contributed by atoms with van der Waals surface area (Å²) in [6.45, 7) is 5.76. The van der Waals surface area contributed by atoms with E-state index >= 15 is 0 Å². The molecule has 0 spiro atoms. The van der Waals surface area contributed by atoms with Crippen molar-refractivity contribution in [1.82, 2.24) is 24.6 Å². The van der Waals surface area contributed by atoms with Crippen molar-refractivity contribution in [3.8, 4) is 5.82 Å². The van der Waals surface area contributed by atoms with Crippen LogP contribution in [0, 0.1) is 6.92 Å². The maximum atomic E-state index is 13.3. The summed E-state index contributed by atoms with van der Waals surface area (Å²) in [4.78, 5) is 28.4. The smallest absolute Gasteiger partial charge is 0.407 e. The molecular formula is C17H20BrF2N5O3. The third-order valence-corrected chi connectivity index (χ3v) is 3.89. The Morgan fingerprint density at radius 1 is 1.32 bits per heavy atom. The van der Waals surface area contributed by atoms with Crippen LogP contribution in [0.3, 0.4) is 0 Å². The van der Waals surface area contributed by atoms with Gasteiger partial charge in [-0.15, -0.1) is 0 Å². The second kappa shape index (κ2) is 8.63. The highest BCUT2D eigenvalue weighted by Crippen LogP contribution is 2.14. The first-order valence-electron chi connectivity index (χ1n) is 8.26. The first kappa shape index (κ1) is 21.7. The van der Waals surface area contributed by atoms with Crippen LogP contribution >= 0.6 is 15.9 Å². The molecule has 11 heteroatoms. The largest absolute Gasteiger partial charge is 0.444 e. The standard InChI is InChI=1S/C17H20BrF2N5O3/c1-10-5-6-12(18)23-14(10)24-9-22-25(16(24)27)8-11(13(19)20)7-21-15(26)28-17(2,3)4/h5-6,9H,7-8H2,1-4H3,(H,21,26). The maximum Gasteiger partial charge on any atom is 0.407 e. The predicted octanol–water partition coefficient (Wildman–Crippen LogP) is 3.18. The van der Waals surface area contributed by atoms with E-state index in [4.69, 9.17) is 4.74 Å². The van der Waals surface area contributed by atoms with E-state index in [0.29, 0.717) is 16.0 Å². The number of nitrogens with zero attached hydrogens (tertiary/aromatic N) is 4. The number of halogens is 3. The van der Waals surface area contributed by atoms with Crippen molar-refractivity contribution >= 4 is 22.0 Å². The van der Waals surface area contributed by atoms with Gasteiger partial charge in [-0.05, 0) is 55.3 Å². The summed E-state index contributed by atoms with van der Waals surface area (Å²) in [5.74, 6) is 0.337. The Morgan fingerprint density at radius 2 is 2.00 bits per heavy atom. The van der Waals surface area contributed by atoms with Crippen LogP contribution in [0.1, 0.15) is 26.3 Å². The highest BCUT2D eigenvalue weighted by atomic mass is 79.9. The molecule has 0 aliphatic carbocycles. The molecule has 28 heavy (non-hydrogen) atoms. The number of carbonyl (C=O) groups excluding carboxylic acids is 1. The first-order chi connectivity index (χ1) is 13.0. The molecule has 8 nitrogen and oxygen atoms in total. The van der Waals surface area contributed by atoms with Gasteiger partial charge < -0.3 is 10.1 Å². The minimum atomic E-state index is -2.01. The van der Waals surface area contributed by atoms with Crippen LogP contribution in [-0.2, 0) is 11.3 Å². The summed E-state index contributed by atoms with van der Waals surface area (Å²) in [6.07, 6.45) is -1.63. The Morgan fingerprint density at radius 3 is 2.61 bits per heavy atom. The van der Waals surface area contributed by atoms with Crippen LogP contribution in [-0.4, -0.2) is 37.6 Å². The SMILES string of the molecule is Cc1ccc(Br)nc1-n1cnn(CC(CNC(=O)OC(C)(C)C)=C(F)F)c1=O. The first-order valence-corrected chi connectivity index (χ1v) is 9.05. The summed E-state index contributed by atoms with van der Waals surface area (Å²) in [6, 6.07) is 3.48. The number of nitrogens with one attached hydrogen (secondary N) is 1. The molecular weight excluding hydrogens is 440 g/mol. The summed E-state index contributed by atoms with van der Waals surface area (Å²) >= 11 is 3.23. The van der Waals surface area contributed by atoms with Crippen LogP contribution in [0.15, 0.2) is 39.5 Å². The number of hydrogen-bond acceptors (Lipinski definition) is 5. The van der Waals surface area contributed by atoms with E-state index in [-0.39, 0.29) is 0 Å². The zero-order chi connectivity index (χ0) is 21.1. The molecule has 1 N–H and O–H groups in total. The molecule has 0 aromatic carbocycles. The topological polar surface area (TPSA) is 91.0 Å². The molecule has 0 radical (unpaired) electrons. The Hall–Kier alpha value is -2.56. The van der Waals surface area contributed by atoms with Gasteiger partial charge in [0.05, 0.1) is 6.54 Å². The quantitative estimate of drug-likeness (QED) is 0.693. The van der Waals surface area contributed by atoms with Gasteiger partial charge in [-0.25, -0.2) is 23.8 Å². The fraction of sp³-hybridized carbons (Fsp3) is 0.412. The second-order valence-electron chi connectivity index (χ2n) is 6.94. The number of aromatic nitrogens is 4. The van der Waals surface area contributed by atoms with Gasteiger partial charge in [0.15, 0.2) is 0 Å². The molecule has 2 aromatic heterocycles. The van der Waals surface area contributed by atoms with E-state index < -0.39 is 42.1 Å². The minimum Gasteiger partial charge on any atom is -0.444 e. The number of aryl methyl sites for hydroxylation is 1. The molecule has 0 atom stereocenters. The molecule has 2 rings (SSSR count). The van der Waals surface area contributed by atoms with Crippen LogP contribution in [0.4, 0.5) is 13.6 Å². The molecule has 2 heterocycles. The zero-order valence-electron chi connectivity index (χ0n) is 15.8. The van der Waals surface area contributed by atoms with E-state index in [1.165, 1.54) is 6.33 Å². The monoisotopic (exact) mass is 459 g/mol. The van der Waals surface area contributed by atoms with Crippen molar-refractivity contribution in [2.75, 3.05) is 6.54 Å². The van der Waals surface area contributed by atoms with Gasteiger partial charge in [0, 0.05) is 12.1 Å². The molecule has 0 unspecified atom stereocenters. The maximum absolute atomic E-state index is 13.3. The predicted molar refractivity (Wildman–Crippen MR) is 102 cm³/mol. The van der Waals surface area contributed by atoms with E-state index in [1.54, 1.807) is 39.8 Å². The van der Waals surface area contributed by atoms with Gasteiger partial charge in [0.2, 0.25) is 0 Å². The molecule has 0 saturated carbocycles. The minimum absolute atomic E-state index is 0.337. The van der Waals surface area contributed by atoms with Crippen molar-refractivity contribution in [2.24, 2.45) is 0 Å². The van der Waals surface area contributed by atoms with Gasteiger partial charge in [-0.3, -0.25) is 0 Å². The number of pyridine rings is 1. The number of hydrogen-bond donors (Lipinski definition) is 1. The third kappa shape index (κ3) is 5.72. The second-order valence-corrected chi connectivity index (χ2v) is 7.75. The number of carbonyl (C=O) groups is 1. The van der Waals surface area contributed by atoms with E-state index in [1.807, 2.05) is 0 Å². The van der Waals surface area contributed by atoms with Crippen LogP contribution in [0.5, 0.6) is 0 Å². The molecule has 0 bridgehead atoms. The average molecular weight is 460 g/mol. The number of ether oxygens (including phenoxy) is 1. The van der Waals surface area contributed by atoms with E-state index in [0.717, 1.165) is 9.25 Å². The van der Waals surface area contributed by atoms with E-state index in [2.05, 4.69) is 31.3 Å². The van der Waals surface area contributed by atoms with Gasteiger partial charge in [0.25, 0.3) is 6.08 Å². The van der Waals surface area contributed by atoms with E-state index in [9.17, 15) is 18.4 Å². The molecule has 0 saturated heterocycles. The van der Waals surface area contributed by atoms with Crippen LogP contribution in [0.25, 0.3) is 5.82 Å². The Bertz CT molecular complexity index is 958. The van der Waals surface area contributed by atoms with Crippen LogP contribution < -0.4 is 11.0 Å². The highest BCUT2D eigenvalue weighted by Gasteiger charge is 2.18. The number of rotatable bonds is 5. The molecule has 1 amide bonds. The summed E-state index contributed by atoms with van der Waals surface area (Å²) < 4.78 is 34.1. The number of amides is 1. The van der Waals surface area contributed by atoms with Gasteiger partial charge in [-0.2, -0.15) is 13.9 Å². The fourth-order valence-electron chi connectivity index (χ4n) is 2.19. The molecule has 0 aliphatic heterocycles. The normalized spacial score (nSPS) is 11.2. The fourth-order valence-corrected chi connectivity index (χ4v) is 2.49. The van der Waals surface area contributed by atoms with Gasteiger partial charge in [0.1, 0.15) is 22.3 Å². The summed E-state index contributed by atoms with van der Waals surface area (Å²) in [7, 11) is 0. The molecule has 152 valence electrons. The lowest BCUT2D eigenvalue weighted by Crippen LogP contribution is -2.35. The van der Waals surface area contributed by atoms with Crippen molar-refractivity contribution < 1.29 is 18.3 Å². The zero-order valence-corrected chi connectivity index (χ0v) is 17.4.